The molecular formula is C14H25N3O3. The molecule has 2 rings (SSSR count). The number of carbonyl (C=O) groups is 2. The first-order chi connectivity index (χ1) is 9.58. The summed E-state index contributed by atoms with van der Waals surface area (Å²) in [6, 6.07) is 0.780. The number of nitrogens with one attached hydrogen (secondary N) is 1. The van der Waals surface area contributed by atoms with Gasteiger partial charge in [0.2, 0.25) is 5.91 Å². The number of nitrogens with zero attached hydrogens (tertiary/aromatic N) is 1. The topological polar surface area (TPSA) is 84.7 Å². The van der Waals surface area contributed by atoms with E-state index in [1.54, 1.807) is 0 Å². The lowest BCUT2D eigenvalue weighted by molar-refractivity contribution is -0.148. The number of carbonyl (C=O) groups excluding carboxylic acids is 2. The average molecular weight is 283 g/mol. The van der Waals surface area contributed by atoms with Crippen LogP contribution < -0.4 is 11.1 Å². The number of primary amides is 1. The Labute approximate surface area is 120 Å². The van der Waals surface area contributed by atoms with Crippen LogP contribution in [0.1, 0.15) is 32.1 Å². The molecule has 1 aliphatic carbocycles. The second-order valence-electron chi connectivity index (χ2n) is 5.96. The Hall–Kier alpha value is -1.14. The Morgan fingerprint density at radius 3 is 2.55 bits per heavy atom. The minimum Gasteiger partial charge on any atom is -0.469 e. The van der Waals surface area contributed by atoms with Gasteiger partial charge in [0.25, 0.3) is 0 Å². The number of amides is 1. The monoisotopic (exact) mass is 283 g/mol. The number of esters is 1. The molecule has 6 heteroatoms. The molecule has 20 heavy (non-hydrogen) atoms. The molecule has 2 unspecified atom stereocenters. The van der Waals surface area contributed by atoms with E-state index in [1.165, 1.54) is 32.8 Å². The number of ether oxygens (including phenoxy) is 1. The van der Waals surface area contributed by atoms with Crippen molar-refractivity contribution in [2.24, 2.45) is 11.7 Å². The number of hydrogen-bond acceptors (Lipinski definition) is 5. The van der Waals surface area contributed by atoms with Crippen molar-refractivity contribution >= 4 is 11.9 Å². The molecule has 0 radical (unpaired) electrons. The van der Waals surface area contributed by atoms with E-state index < -0.39 is 0 Å². The molecule has 1 saturated heterocycles. The van der Waals surface area contributed by atoms with Gasteiger partial charge in [-0.3, -0.25) is 14.5 Å². The fourth-order valence-electron chi connectivity index (χ4n) is 3.42. The Morgan fingerprint density at radius 2 is 1.95 bits per heavy atom. The third-order valence-electron chi connectivity index (χ3n) is 4.27. The van der Waals surface area contributed by atoms with E-state index in [1.807, 2.05) is 4.90 Å². The van der Waals surface area contributed by atoms with Gasteiger partial charge in [-0.1, -0.05) is 12.8 Å². The lowest BCUT2D eigenvalue weighted by atomic mass is 9.93. The molecule has 1 aliphatic heterocycles. The lowest BCUT2D eigenvalue weighted by Crippen LogP contribution is -2.54. The molecule has 3 N–H and O–H groups in total. The largest absolute Gasteiger partial charge is 0.469 e. The number of methoxy groups -OCH3 is 1. The van der Waals surface area contributed by atoms with Crippen LogP contribution in [0.25, 0.3) is 0 Å². The number of nitrogens with two attached hydrogens (primary N) is 1. The van der Waals surface area contributed by atoms with Crippen molar-refractivity contribution in [1.29, 1.82) is 0 Å². The van der Waals surface area contributed by atoms with Crippen LogP contribution in [-0.2, 0) is 14.3 Å². The van der Waals surface area contributed by atoms with Gasteiger partial charge in [-0.2, -0.15) is 0 Å². The van der Waals surface area contributed by atoms with Crippen molar-refractivity contribution in [3.63, 3.8) is 0 Å². The summed E-state index contributed by atoms with van der Waals surface area (Å²) in [4.78, 5) is 24.9. The Morgan fingerprint density at radius 1 is 1.25 bits per heavy atom. The van der Waals surface area contributed by atoms with E-state index in [0.29, 0.717) is 12.6 Å². The molecule has 0 aromatic carbocycles. The molecule has 1 amide bonds. The van der Waals surface area contributed by atoms with Gasteiger partial charge in [-0.05, 0) is 19.3 Å². The SMILES string of the molecule is COC(=O)C1CC(NC2CCCC2)CN(CC(N)=O)C1. The highest BCUT2D eigenvalue weighted by atomic mass is 16.5. The molecule has 6 nitrogen and oxygen atoms in total. The van der Waals surface area contributed by atoms with Crippen molar-refractivity contribution in [3.8, 4) is 0 Å². The van der Waals surface area contributed by atoms with Gasteiger partial charge in [0.05, 0.1) is 19.6 Å². The quantitative estimate of drug-likeness (QED) is 0.687. The van der Waals surface area contributed by atoms with Gasteiger partial charge in [-0.15, -0.1) is 0 Å². The van der Waals surface area contributed by atoms with Crippen molar-refractivity contribution < 1.29 is 14.3 Å². The normalized spacial score (nSPS) is 28.4. The standard InChI is InChI=1S/C14H25N3O3/c1-20-14(19)10-6-12(16-11-4-2-3-5-11)8-17(7-10)9-13(15)18/h10-12,16H,2-9H2,1H3,(H2,15,18). The fraction of sp³-hybridized carbons (Fsp3) is 0.857. The highest BCUT2D eigenvalue weighted by Crippen LogP contribution is 2.23. The maximum atomic E-state index is 11.8. The highest BCUT2D eigenvalue weighted by molar-refractivity contribution is 5.76. The smallest absolute Gasteiger partial charge is 0.310 e. The van der Waals surface area contributed by atoms with Crippen molar-refractivity contribution in [1.82, 2.24) is 10.2 Å². The van der Waals surface area contributed by atoms with E-state index in [9.17, 15) is 9.59 Å². The van der Waals surface area contributed by atoms with E-state index in [2.05, 4.69) is 5.32 Å². The van der Waals surface area contributed by atoms with Gasteiger partial charge in [0, 0.05) is 25.2 Å². The third-order valence-corrected chi connectivity index (χ3v) is 4.27. The first kappa shape index (κ1) is 15.3. The van der Waals surface area contributed by atoms with Crippen LogP contribution in [0.5, 0.6) is 0 Å². The summed E-state index contributed by atoms with van der Waals surface area (Å²) >= 11 is 0. The predicted octanol–water partition coefficient (Wildman–Crippen LogP) is -0.133. The van der Waals surface area contributed by atoms with Crippen LogP contribution in [0.3, 0.4) is 0 Å². The van der Waals surface area contributed by atoms with Crippen LogP contribution in [0.2, 0.25) is 0 Å². The van der Waals surface area contributed by atoms with E-state index in [-0.39, 0.29) is 30.4 Å². The summed E-state index contributed by atoms with van der Waals surface area (Å²) < 4.78 is 4.85. The summed E-state index contributed by atoms with van der Waals surface area (Å²) in [7, 11) is 1.41. The molecule has 2 aliphatic rings. The first-order valence-electron chi connectivity index (χ1n) is 7.43. The summed E-state index contributed by atoms with van der Waals surface area (Å²) in [6.45, 7) is 1.53. The Kier molecular flexibility index (Phi) is 5.37. The molecule has 114 valence electrons. The molecular weight excluding hydrogens is 258 g/mol. The lowest BCUT2D eigenvalue weighted by Gasteiger charge is -2.37. The number of hydrogen-bond donors (Lipinski definition) is 2. The fourth-order valence-corrected chi connectivity index (χ4v) is 3.42. The van der Waals surface area contributed by atoms with E-state index >= 15 is 0 Å². The summed E-state index contributed by atoms with van der Waals surface area (Å²) in [6.07, 6.45) is 5.73. The molecule has 0 aromatic rings. The molecule has 2 atom stereocenters. The molecule has 2 fully saturated rings. The minimum atomic E-state index is -0.352. The number of likely N-dealkylation sites (tertiary alicyclic amines) is 1. The Balaban J connectivity index is 1.94. The van der Waals surface area contributed by atoms with E-state index in [4.69, 9.17) is 10.5 Å². The summed E-state index contributed by atoms with van der Waals surface area (Å²) in [5, 5.41) is 3.63. The Bertz CT molecular complexity index is 356. The van der Waals surface area contributed by atoms with Crippen LogP contribution in [0, 0.1) is 5.92 Å². The third kappa shape index (κ3) is 4.18. The van der Waals surface area contributed by atoms with Gasteiger partial charge in [0.15, 0.2) is 0 Å². The molecule has 0 spiro atoms. The maximum absolute atomic E-state index is 11.8. The summed E-state index contributed by atoms with van der Waals surface area (Å²) in [5.41, 5.74) is 5.27. The average Bonchev–Trinajstić information content (AvgIpc) is 2.89. The van der Waals surface area contributed by atoms with Crippen LogP contribution in [-0.4, -0.2) is 55.6 Å². The van der Waals surface area contributed by atoms with Crippen LogP contribution in [0.15, 0.2) is 0 Å². The predicted molar refractivity (Wildman–Crippen MR) is 74.9 cm³/mol. The van der Waals surface area contributed by atoms with Gasteiger partial charge < -0.3 is 15.8 Å². The molecule has 1 heterocycles. The van der Waals surface area contributed by atoms with Crippen molar-refractivity contribution in [3.05, 3.63) is 0 Å². The highest BCUT2D eigenvalue weighted by Gasteiger charge is 2.33. The van der Waals surface area contributed by atoms with Crippen molar-refractivity contribution in [2.75, 3.05) is 26.7 Å². The van der Waals surface area contributed by atoms with Crippen LogP contribution >= 0.6 is 0 Å². The first-order valence-corrected chi connectivity index (χ1v) is 7.43. The van der Waals surface area contributed by atoms with Gasteiger partial charge in [0.1, 0.15) is 0 Å². The zero-order valence-electron chi connectivity index (χ0n) is 12.1. The zero-order chi connectivity index (χ0) is 14.5. The molecule has 0 aromatic heterocycles. The second kappa shape index (κ2) is 7.04. The molecule has 1 saturated carbocycles. The van der Waals surface area contributed by atoms with Gasteiger partial charge >= 0.3 is 5.97 Å². The van der Waals surface area contributed by atoms with E-state index in [0.717, 1.165) is 13.0 Å². The maximum Gasteiger partial charge on any atom is 0.310 e. The number of piperidine rings is 1. The molecule has 0 bridgehead atoms. The zero-order valence-corrected chi connectivity index (χ0v) is 12.1. The summed E-state index contributed by atoms with van der Waals surface area (Å²) in [5.74, 6) is -0.723. The van der Waals surface area contributed by atoms with Crippen LogP contribution in [0.4, 0.5) is 0 Å². The van der Waals surface area contributed by atoms with Gasteiger partial charge in [-0.25, -0.2) is 0 Å². The minimum absolute atomic E-state index is 0.174. The second-order valence-corrected chi connectivity index (χ2v) is 5.96. The number of rotatable bonds is 5. The van der Waals surface area contributed by atoms with Crippen molar-refractivity contribution in [2.45, 2.75) is 44.2 Å².